The topological polar surface area (TPSA) is 82.2 Å². The minimum Gasteiger partial charge on any atom is -0.379 e. The fourth-order valence-electron chi connectivity index (χ4n) is 2.82. The molecule has 0 aromatic carbocycles. The quantitative estimate of drug-likeness (QED) is 0.672. The van der Waals surface area contributed by atoms with Crippen molar-refractivity contribution >= 4 is 16.1 Å². The lowest BCUT2D eigenvalue weighted by Crippen LogP contribution is -2.58. The van der Waals surface area contributed by atoms with Gasteiger partial charge in [-0.2, -0.15) is 17.0 Å². The zero-order chi connectivity index (χ0) is 16.9. The maximum atomic E-state index is 12.6. The van der Waals surface area contributed by atoms with Crippen LogP contribution in [0.15, 0.2) is 0 Å². The zero-order valence-corrected chi connectivity index (χ0v) is 14.8. The third-order valence-electron chi connectivity index (χ3n) is 4.37. The van der Waals surface area contributed by atoms with Gasteiger partial charge in [-0.15, -0.1) is 0 Å². The summed E-state index contributed by atoms with van der Waals surface area (Å²) in [6, 6.07) is -0.227. The predicted octanol–water partition coefficient (Wildman–Crippen LogP) is -0.904. The normalized spacial score (nSPS) is 23.6. The Morgan fingerprint density at radius 3 is 2.22 bits per heavy atom. The Morgan fingerprint density at radius 2 is 1.65 bits per heavy atom. The van der Waals surface area contributed by atoms with Gasteiger partial charge in [-0.25, -0.2) is 0 Å². The number of carbonyl (C=O) groups excluding carboxylic acids is 1. The molecule has 2 rings (SSSR count). The van der Waals surface area contributed by atoms with Crippen molar-refractivity contribution in [2.24, 2.45) is 0 Å². The maximum absolute atomic E-state index is 12.6. The molecule has 2 fully saturated rings. The van der Waals surface area contributed by atoms with Gasteiger partial charge < -0.3 is 10.1 Å². The molecule has 0 aliphatic carbocycles. The highest BCUT2D eigenvalue weighted by Gasteiger charge is 2.34. The van der Waals surface area contributed by atoms with Crippen molar-refractivity contribution in [1.82, 2.24) is 18.8 Å². The van der Waals surface area contributed by atoms with Crippen molar-refractivity contribution < 1.29 is 17.9 Å². The van der Waals surface area contributed by atoms with E-state index in [9.17, 15) is 13.2 Å². The van der Waals surface area contributed by atoms with Crippen molar-refractivity contribution in [2.75, 3.05) is 59.0 Å². The van der Waals surface area contributed by atoms with Crippen LogP contribution >= 0.6 is 0 Å². The number of hydrogen-bond donors (Lipinski definition) is 1. The molecule has 8 nitrogen and oxygen atoms in total. The SMILES string of the molecule is CCCNC(=O)C(C)N1CCN(S(=O)(=O)N2CCOCC2)CC1. The van der Waals surface area contributed by atoms with Gasteiger partial charge in [0.2, 0.25) is 5.91 Å². The van der Waals surface area contributed by atoms with E-state index < -0.39 is 10.2 Å². The third kappa shape index (κ3) is 4.63. The molecule has 2 heterocycles. The van der Waals surface area contributed by atoms with E-state index in [2.05, 4.69) is 5.32 Å². The summed E-state index contributed by atoms with van der Waals surface area (Å²) in [5.41, 5.74) is 0. The van der Waals surface area contributed by atoms with Crippen LogP contribution in [0.4, 0.5) is 0 Å². The predicted molar refractivity (Wildman–Crippen MR) is 87.2 cm³/mol. The van der Waals surface area contributed by atoms with E-state index in [0.717, 1.165) is 6.42 Å². The van der Waals surface area contributed by atoms with Crippen LogP contribution < -0.4 is 5.32 Å². The van der Waals surface area contributed by atoms with Crippen LogP contribution in [0.2, 0.25) is 0 Å². The van der Waals surface area contributed by atoms with Crippen molar-refractivity contribution in [3.05, 3.63) is 0 Å². The molecule has 0 radical (unpaired) electrons. The van der Waals surface area contributed by atoms with Crippen LogP contribution in [-0.4, -0.2) is 92.9 Å². The molecular formula is C14H28N4O4S. The van der Waals surface area contributed by atoms with Gasteiger partial charge in [-0.05, 0) is 13.3 Å². The van der Waals surface area contributed by atoms with Crippen molar-refractivity contribution in [1.29, 1.82) is 0 Å². The molecule has 2 saturated heterocycles. The Morgan fingerprint density at radius 1 is 1.09 bits per heavy atom. The first-order valence-electron chi connectivity index (χ1n) is 8.31. The maximum Gasteiger partial charge on any atom is 0.282 e. The van der Waals surface area contributed by atoms with Crippen LogP contribution in [0.25, 0.3) is 0 Å². The first-order chi connectivity index (χ1) is 11.0. The van der Waals surface area contributed by atoms with E-state index in [4.69, 9.17) is 4.74 Å². The summed E-state index contributed by atoms with van der Waals surface area (Å²) in [4.78, 5) is 14.1. The average Bonchev–Trinajstić information content (AvgIpc) is 2.59. The number of nitrogens with zero attached hydrogens (tertiary/aromatic N) is 3. The number of carbonyl (C=O) groups is 1. The van der Waals surface area contributed by atoms with Gasteiger partial charge in [0.15, 0.2) is 0 Å². The number of amides is 1. The highest BCUT2D eigenvalue weighted by molar-refractivity contribution is 7.86. The molecular weight excluding hydrogens is 320 g/mol. The van der Waals surface area contributed by atoms with Crippen molar-refractivity contribution in [3.63, 3.8) is 0 Å². The lowest BCUT2D eigenvalue weighted by atomic mass is 10.2. The van der Waals surface area contributed by atoms with Gasteiger partial charge in [-0.3, -0.25) is 9.69 Å². The van der Waals surface area contributed by atoms with Crippen LogP contribution in [0.3, 0.4) is 0 Å². The van der Waals surface area contributed by atoms with Crippen molar-refractivity contribution in [3.8, 4) is 0 Å². The van der Waals surface area contributed by atoms with Crippen LogP contribution in [0, 0.1) is 0 Å². The number of rotatable bonds is 6. The zero-order valence-electron chi connectivity index (χ0n) is 14.0. The van der Waals surface area contributed by atoms with E-state index in [1.54, 1.807) is 0 Å². The molecule has 23 heavy (non-hydrogen) atoms. The molecule has 134 valence electrons. The molecule has 2 aliphatic rings. The van der Waals surface area contributed by atoms with Crippen LogP contribution in [-0.2, 0) is 19.7 Å². The molecule has 0 bridgehead atoms. The van der Waals surface area contributed by atoms with E-state index in [0.29, 0.717) is 59.0 Å². The molecule has 1 unspecified atom stereocenters. The number of ether oxygens (including phenoxy) is 1. The highest BCUT2D eigenvalue weighted by Crippen LogP contribution is 2.15. The average molecular weight is 348 g/mol. The van der Waals surface area contributed by atoms with E-state index in [1.807, 2.05) is 18.7 Å². The molecule has 0 aromatic heterocycles. The smallest absolute Gasteiger partial charge is 0.282 e. The lowest BCUT2D eigenvalue weighted by Gasteiger charge is -2.39. The number of nitrogens with one attached hydrogen (secondary N) is 1. The second kappa shape index (κ2) is 8.39. The van der Waals surface area contributed by atoms with Gasteiger partial charge in [0.1, 0.15) is 0 Å². The van der Waals surface area contributed by atoms with Gasteiger partial charge in [0, 0.05) is 45.8 Å². The summed E-state index contributed by atoms with van der Waals surface area (Å²) in [5.74, 6) is 0.0105. The summed E-state index contributed by atoms with van der Waals surface area (Å²) in [6.45, 7) is 8.29. The second-order valence-electron chi connectivity index (χ2n) is 5.92. The molecule has 2 aliphatic heterocycles. The molecule has 9 heteroatoms. The second-order valence-corrected chi connectivity index (χ2v) is 7.85. The third-order valence-corrected chi connectivity index (χ3v) is 6.41. The monoisotopic (exact) mass is 348 g/mol. The van der Waals surface area contributed by atoms with E-state index in [-0.39, 0.29) is 11.9 Å². The fraction of sp³-hybridized carbons (Fsp3) is 0.929. The van der Waals surface area contributed by atoms with Crippen LogP contribution in [0.5, 0.6) is 0 Å². The lowest BCUT2D eigenvalue weighted by molar-refractivity contribution is -0.126. The van der Waals surface area contributed by atoms with E-state index >= 15 is 0 Å². The summed E-state index contributed by atoms with van der Waals surface area (Å²) in [6.07, 6.45) is 0.907. The van der Waals surface area contributed by atoms with Gasteiger partial charge in [-0.1, -0.05) is 6.92 Å². The number of hydrogen-bond acceptors (Lipinski definition) is 5. The summed E-state index contributed by atoms with van der Waals surface area (Å²) < 4.78 is 33.4. The highest BCUT2D eigenvalue weighted by atomic mass is 32.2. The van der Waals surface area contributed by atoms with Gasteiger partial charge in [0.25, 0.3) is 10.2 Å². The molecule has 1 amide bonds. The molecule has 0 spiro atoms. The standard InChI is InChI=1S/C14H28N4O4S/c1-3-4-15-14(19)13(2)16-5-7-17(8-6-16)23(20,21)18-9-11-22-12-10-18/h13H,3-12H2,1-2H3,(H,15,19). The van der Waals surface area contributed by atoms with Crippen molar-refractivity contribution in [2.45, 2.75) is 26.3 Å². The first-order valence-corrected chi connectivity index (χ1v) is 9.71. The van der Waals surface area contributed by atoms with Gasteiger partial charge >= 0.3 is 0 Å². The summed E-state index contributed by atoms with van der Waals surface area (Å²) in [7, 11) is -3.41. The fourth-order valence-corrected chi connectivity index (χ4v) is 4.39. The summed E-state index contributed by atoms with van der Waals surface area (Å²) in [5, 5.41) is 2.89. The summed E-state index contributed by atoms with van der Waals surface area (Å²) >= 11 is 0. The molecule has 1 N–H and O–H groups in total. The van der Waals surface area contributed by atoms with Crippen LogP contribution in [0.1, 0.15) is 20.3 Å². The Kier molecular flexibility index (Phi) is 6.78. The Bertz CT molecular complexity index is 485. The number of morpholine rings is 1. The minimum absolute atomic E-state index is 0.0105. The minimum atomic E-state index is -3.41. The van der Waals surface area contributed by atoms with Gasteiger partial charge in [0.05, 0.1) is 19.3 Å². The largest absolute Gasteiger partial charge is 0.379 e. The van der Waals surface area contributed by atoms with E-state index in [1.165, 1.54) is 8.61 Å². The Labute approximate surface area is 138 Å². The molecule has 0 aromatic rings. The first kappa shape index (κ1) is 18.6. The Balaban J connectivity index is 1.86. The molecule has 0 saturated carbocycles. The Hall–Kier alpha value is -0.740. The number of piperazine rings is 1. The molecule has 1 atom stereocenters.